The summed E-state index contributed by atoms with van der Waals surface area (Å²) in [5.41, 5.74) is 0. The van der Waals surface area contributed by atoms with Crippen molar-refractivity contribution >= 4 is 5.97 Å². The number of unbranched alkanes of at least 4 members (excludes halogenated alkanes) is 15. The van der Waals surface area contributed by atoms with E-state index in [1.54, 1.807) is 0 Å². The molecule has 0 aromatic heterocycles. The van der Waals surface area contributed by atoms with Crippen molar-refractivity contribution in [1.82, 2.24) is 0 Å². The third-order valence-corrected chi connectivity index (χ3v) is 8.35. The molecule has 4 N–H and O–H groups in total. The number of aliphatic hydroxyl groups excluding tert-OH is 4. The highest BCUT2D eigenvalue weighted by molar-refractivity contribution is 5.69. The van der Waals surface area contributed by atoms with Crippen LogP contribution < -0.4 is 0 Å². The fraction of sp³-hybridized carbons (Fsp3) is 0.865. The summed E-state index contributed by atoms with van der Waals surface area (Å²) in [7, 11) is 0. The van der Waals surface area contributed by atoms with Crippen molar-refractivity contribution in [2.24, 2.45) is 0 Å². The summed E-state index contributed by atoms with van der Waals surface area (Å²) in [6.07, 6.45) is 23.4. The zero-order valence-corrected chi connectivity index (χ0v) is 29.1. The molecule has 1 aliphatic heterocycles. The fourth-order valence-corrected chi connectivity index (χ4v) is 5.41. The number of allylic oxidation sites excluding steroid dienone is 4. The molecule has 0 saturated carbocycles. The van der Waals surface area contributed by atoms with Gasteiger partial charge < -0.3 is 39.4 Å². The predicted octanol–water partition coefficient (Wildman–Crippen LogP) is 6.69. The Morgan fingerprint density at radius 1 is 0.696 bits per heavy atom. The molecule has 1 fully saturated rings. The highest BCUT2D eigenvalue weighted by Crippen LogP contribution is 2.22. The maximum absolute atomic E-state index is 12.6. The predicted molar refractivity (Wildman–Crippen MR) is 182 cm³/mol. The molecular weight excluding hydrogens is 588 g/mol. The minimum absolute atomic E-state index is 0.117. The molecule has 6 unspecified atom stereocenters. The molecule has 1 heterocycles. The number of hydrogen-bond acceptors (Lipinski definition) is 9. The summed E-state index contributed by atoms with van der Waals surface area (Å²) in [4.78, 5) is 12.6. The van der Waals surface area contributed by atoms with E-state index >= 15 is 0 Å². The van der Waals surface area contributed by atoms with E-state index in [0.717, 1.165) is 64.2 Å². The number of hydrogen-bond donors (Lipinski definition) is 4. The number of ether oxygens (including phenoxy) is 4. The van der Waals surface area contributed by atoms with Gasteiger partial charge in [0.05, 0.1) is 19.8 Å². The molecule has 0 radical (unpaired) electrons. The molecule has 0 aliphatic carbocycles. The molecular formula is C37H68O9. The summed E-state index contributed by atoms with van der Waals surface area (Å²) in [5, 5.41) is 39.8. The Kier molecular flexibility index (Phi) is 27.6. The number of rotatable bonds is 30. The average Bonchev–Trinajstić information content (AvgIpc) is 3.05. The molecule has 0 aromatic carbocycles. The third kappa shape index (κ3) is 21.5. The summed E-state index contributed by atoms with van der Waals surface area (Å²) >= 11 is 0. The second-order valence-electron chi connectivity index (χ2n) is 12.7. The van der Waals surface area contributed by atoms with Gasteiger partial charge in [0, 0.05) is 13.0 Å². The van der Waals surface area contributed by atoms with Gasteiger partial charge in [0.2, 0.25) is 0 Å². The number of carbonyl (C=O) groups excluding carboxylic acids is 1. The lowest BCUT2D eigenvalue weighted by molar-refractivity contribution is -0.305. The van der Waals surface area contributed by atoms with Crippen LogP contribution in [0.1, 0.15) is 142 Å². The maximum Gasteiger partial charge on any atom is 0.306 e. The number of esters is 1. The lowest BCUT2D eigenvalue weighted by atomic mass is 9.99. The maximum atomic E-state index is 12.6. The second-order valence-corrected chi connectivity index (χ2v) is 12.7. The first-order chi connectivity index (χ1) is 22.4. The van der Waals surface area contributed by atoms with Gasteiger partial charge in [-0.3, -0.25) is 4.79 Å². The van der Waals surface area contributed by atoms with E-state index in [4.69, 9.17) is 18.9 Å². The minimum atomic E-state index is -1.53. The fourth-order valence-electron chi connectivity index (χ4n) is 5.41. The molecule has 0 aromatic rings. The molecule has 9 heteroatoms. The van der Waals surface area contributed by atoms with Gasteiger partial charge in [-0.25, -0.2) is 0 Å². The van der Waals surface area contributed by atoms with Crippen LogP contribution in [0, 0.1) is 0 Å². The normalized spacial score (nSPS) is 22.6. The van der Waals surface area contributed by atoms with Crippen LogP contribution in [0.3, 0.4) is 0 Å². The van der Waals surface area contributed by atoms with Crippen LogP contribution in [-0.4, -0.2) is 89.6 Å². The van der Waals surface area contributed by atoms with Crippen molar-refractivity contribution in [3.63, 3.8) is 0 Å². The van der Waals surface area contributed by atoms with E-state index in [0.29, 0.717) is 13.0 Å². The SMILES string of the molecule is CCC/C=C\C/C=C\CCCCCCCC(=O)OC(COCCCCCCCCCCCC)COC1OC(CO)C(O)C(O)C1O. The van der Waals surface area contributed by atoms with Gasteiger partial charge in [0.15, 0.2) is 6.29 Å². The Morgan fingerprint density at radius 2 is 1.30 bits per heavy atom. The zero-order chi connectivity index (χ0) is 33.7. The minimum Gasteiger partial charge on any atom is -0.457 e. The molecule has 6 atom stereocenters. The van der Waals surface area contributed by atoms with Crippen molar-refractivity contribution in [3.8, 4) is 0 Å². The molecule has 9 nitrogen and oxygen atoms in total. The largest absolute Gasteiger partial charge is 0.457 e. The van der Waals surface area contributed by atoms with E-state index in [1.807, 2.05) is 0 Å². The van der Waals surface area contributed by atoms with Crippen molar-refractivity contribution in [2.45, 2.75) is 179 Å². The Morgan fingerprint density at radius 3 is 1.96 bits per heavy atom. The summed E-state index contributed by atoms with van der Waals surface area (Å²) < 4.78 is 22.6. The van der Waals surface area contributed by atoms with Gasteiger partial charge in [0.1, 0.15) is 30.5 Å². The van der Waals surface area contributed by atoms with Gasteiger partial charge in [-0.2, -0.15) is 0 Å². The second kappa shape index (κ2) is 29.8. The number of aliphatic hydroxyl groups is 4. The molecule has 1 saturated heterocycles. The molecule has 0 amide bonds. The Balaban J connectivity index is 2.36. The van der Waals surface area contributed by atoms with Crippen LogP contribution in [0.25, 0.3) is 0 Å². The molecule has 1 aliphatic rings. The van der Waals surface area contributed by atoms with Gasteiger partial charge >= 0.3 is 5.97 Å². The van der Waals surface area contributed by atoms with Crippen molar-refractivity contribution in [3.05, 3.63) is 24.3 Å². The Hall–Kier alpha value is -1.33. The standard InChI is InChI=1S/C37H68O9/c1-3-5-7-9-11-13-15-16-17-18-20-22-24-26-33(39)45-31(29-43-27-25-23-21-19-14-12-10-8-6-4-2)30-44-37-36(42)35(41)34(40)32(28-38)46-37/h7,9,13,15,31-32,34-38,40-42H,3-6,8,10-12,14,16-30H2,1-2H3/b9-7-,15-13-. The third-order valence-electron chi connectivity index (χ3n) is 8.35. The van der Waals surface area contributed by atoms with Gasteiger partial charge in [-0.1, -0.05) is 122 Å². The zero-order valence-electron chi connectivity index (χ0n) is 29.1. The van der Waals surface area contributed by atoms with Crippen molar-refractivity contribution in [1.29, 1.82) is 0 Å². The highest BCUT2D eigenvalue weighted by Gasteiger charge is 2.44. The first-order valence-electron chi connectivity index (χ1n) is 18.4. The summed E-state index contributed by atoms with van der Waals surface area (Å²) in [6, 6.07) is 0. The molecule has 270 valence electrons. The Labute approximate surface area is 279 Å². The van der Waals surface area contributed by atoms with Crippen LogP contribution in [-0.2, 0) is 23.7 Å². The van der Waals surface area contributed by atoms with Crippen molar-refractivity contribution < 1.29 is 44.2 Å². The van der Waals surface area contributed by atoms with Crippen LogP contribution in [0.5, 0.6) is 0 Å². The van der Waals surface area contributed by atoms with Crippen molar-refractivity contribution in [2.75, 3.05) is 26.4 Å². The van der Waals surface area contributed by atoms with E-state index < -0.39 is 43.4 Å². The number of carbonyl (C=O) groups is 1. The highest BCUT2D eigenvalue weighted by atomic mass is 16.7. The lowest BCUT2D eigenvalue weighted by Gasteiger charge is -2.39. The van der Waals surface area contributed by atoms with E-state index in [9.17, 15) is 25.2 Å². The van der Waals surface area contributed by atoms with Crippen LogP contribution >= 0.6 is 0 Å². The van der Waals surface area contributed by atoms with E-state index in [-0.39, 0.29) is 19.2 Å². The molecule has 46 heavy (non-hydrogen) atoms. The first kappa shape index (κ1) is 42.7. The molecule has 0 spiro atoms. The Bertz CT molecular complexity index is 757. The van der Waals surface area contributed by atoms with Crippen LogP contribution in [0.2, 0.25) is 0 Å². The average molecular weight is 657 g/mol. The van der Waals surface area contributed by atoms with Gasteiger partial charge in [-0.05, 0) is 38.5 Å². The smallest absolute Gasteiger partial charge is 0.306 e. The lowest BCUT2D eigenvalue weighted by Crippen LogP contribution is -2.59. The molecule has 0 bridgehead atoms. The van der Waals surface area contributed by atoms with E-state index in [1.165, 1.54) is 57.8 Å². The van der Waals surface area contributed by atoms with Gasteiger partial charge in [0.25, 0.3) is 0 Å². The summed E-state index contributed by atoms with van der Waals surface area (Å²) in [6.45, 7) is 4.45. The van der Waals surface area contributed by atoms with Crippen LogP contribution in [0.15, 0.2) is 24.3 Å². The van der Waals surface area contributed by atoms with E-state index in [2.05, 4.69) is 38.2 Å². The topological polar surface area (TPSA) is 135 Å². The molecule has 1 rings (SSSR count). The van der Waals surface area contributed by atoms with Gasteiger partial charge in [-0.15, -0.1) is 0 Å². The van der Waals surface area contributed by atoms with Crippen LogP contribution in [0.4, 0.5) is 0 Å². The first-order valence-corrected chi connectivity index (χ1v) is 18.4. The summed E-state index contributed by atoms with van der Waals surface area (Å²) in [5.74, 6) is -0.330. The monoisotopic (exact) mass is 656 g/mol. The quantitative estimate of drug-likeness (QED) is 0.0379.